The van der Waals surface area contributed by atoms with Crippen LogP contribution in [0.2, 0.25) is 0 Å². The molecular weight excluding hydrogens is 409 g/mol. The van der Waals surface area contributed by atoms with Crippen molar-refractivity contribution in [1.82, 2.24) is 0 Å². The minimum Gasteiger partial charge on any atom is -0.478 e. The summed E-state index contributed by atoms with van der Waals surface area (Å²) in [7, 11) is 0. The molecule has 1 aliphatic carbocycles. The lowest BCUT2D eigenvalue weighted by Gasteiger charge is -2.10. The highest BCUT2D eigenvalue weighted by atomic mass is 79.9. The summed E-state index contributed by atoms with van der Waals surface area (Å²) in [6.07, 6.45) is 3.88. The molecular formula is C18H13BrFNO3S. The van der Waals surface area contributed by atoms with Crippen molar-refractivity contribution in [2.24, 2.45) is 0 Å². The third kappa shape index (κ3) is 3.72. The zero-order valence-electron chi connectivity index (χ0n) is 12.9. The van der Waals surface area contributed by atoms with Gasteiger partial charge in [-0.15, -0.1) is 11.3 Å². The van der Waals surface area contributed by atoms with Crippen molar-refractivity contribution >= 4 is 44.1 Å². The number of thiophene rings is 1. The van der Waals surface area contributed by atoms with Gasteiger partial charge in [0.05, 0.1) is 5.57 Å². The molecule has 2 N–H and O–H groups in total. The van der Waals surface area contributed by atoms with Crippen LogP contribution in [0.1, 0.15) is 23.2 Å². The van der Waals surface area contributed by atoms with E-state index in [0.29, 0.717) is 12.0 Å². The lowest BCUT2D eigenvalue weighted by molar-refractivity contribution is -0.112. The molecule has 1 aromatic heterocycles. The fraction of sp³-hybridized carbons (Fsp3) is 0.111. The van der Waals surface area contributed by atoms with E-state index in [2.05, 4.69) is 21.2 Å². The van der Waals surface area contributed by atoms with Crippen molar-refractivity contribution in [3.63, 3.8) is 0 Å². The molecule has 0 saturated carbocycles. The molecule has 1 aliphatic rings. The number of hydrogen-bond acceptors (Lipinski definition) is 3. The van der Waals surface area contributed by atoms with Crippen LogP contribution in [0.5, 0.6) is 0 Å². The molecule has 0 unspecified atom stereocenters. The van der Waals surface area contributed by atoms with Gasteiger partial charge in [0.2, 0.25) is 0 Å². The summed E-state index contributed by atoms with van der Waals surface area (Å²) in [5.41, 5.74) is 1.18. The number of allylic oxidation sites excluding steroid dienone is 2. The highest BCUT2D eigenvalue weighted by molar-refractivity contribution is 9.10. The molecule has 0 radical (unpaired) electrons. The van der Waals surface area contributed by atoms with Crippen LogP contribution in [0.4, 0.5) is 9.39 Å². The van der Waals surface area contributed by atoms with Gasteiger partial charge in [-0.2, -0.15) is 0 Å². The van der Waals surface area contributed by atoms with Crippen LogP contribution in [0.25, 0.3) is 11.1 Å². The fourth-order valence-electron chi connectivity index (χ4n) is 2.51. The van der Waals surface area contributed by atoms with Crippen LogP contribution in [0.3, 0.4) is 0 Å². The van der Waals surface area contributed by atoms with Gasteiger partial charge in [0.25, 0.3) is 5.91 Å². The van der Waals surface area contributed by atoms with Gasteiger partial charge in [0.1, 0.15) is 16.4 Å². The monoisotopic (exact) mass is 421 g/mol. The van der Waals surface area contributed by atoms with Gasteiger partial charge >= 0.3 is 5.97 Å². The maximum Gasteiger partial charge on any atom is 0.339 e. The Kier molecular flexibility index (Phi) is 5.15. The Morgan fingerprint density at radius 2 is 1.96 bits per heavy atom. The molecule has 0 saturated heterocycles. The number of rotatable bonds is 4. The molecule has 128 valence electrons. The van der Waals surface area contributed by atoms with Gasteiger partial charge in [0, 0.05) is 21.8 Å². The molecule has 1 heterocycles. The largest absolute Gasteiger partial charge is 0.478 e. The Morgan fingerprint density at radius 1 is 1.24 bits per heavy atom. The van der Waals surface area contributed by atoms with E-state index in [-0.39, 0.29) is 22.6 Å². The number of amides is 1. The first-order valence-corrected chi connectivity index (χ1v) is 9.12. The quantitative estimate of drug-likeness (QED) is 0.695. The highest BCUT2D eigenvalue weighted by Gasteiger charge is 2.23. The molecule has 0 fully saturated rings. The number of nitrogens with one attached hydrogen (secondary N) is 1. The van der Waals surface area contributed by atoms with E-state index in [9.17, 15) is 19.1 Å². The van der Waals surface area contributed by atoms with Crippen LogP contribution >= 0.6 is 27.3 Å². The number of aromatic carboxylic acids is 1. The van der Waals surface area contributed by atoms with E-state index >= 15 is 0 Å². The van der Waals surface area contributed by atoms with Crippen LogP contribution in [0, 0.1) is 0 Å². The van der Waals surface area contributed by atoms with E-state index < -0.39 is 17.7 Å². The minimum atomic E-state index is -1.15. The summed E-state index contributed by atoms with van der Waals surface area (Å²) < 4.78 is 14.7. The fourth-order valence-corrected chi connectivity index (χ4v) is 3.73. The van der Waals surface area contributed by atoms with Crippen molar-refractivity contribution in [2.75, 3.05) is 5.32 Å². The Morgan fingerprint density at radius 3 is 2.60 bits per heavy atom. The van der Waals surface area contributed by atoms with Crippen molar-refractivity contribution < 1.29 is 19.1 Å². The van der Waals surface area contributed by atoms with Crippen LogP contribution < -0.4 is 5.32 Å². The van der Waals surface area contributed by atoms with E-state index in [1.54, 1.807) is 23.6 Å². The zero-order chi connectivity index (χ0) is 18.0. The lowest BCUT2D eigenvalue weighted by Crippen LogP contribution is -2.16. The number of carbonyl (C=O) groups excluding carboxylic acids is 1. The number of carboxylic acid groups (broad SMARTS) is 1. The summed E-state index contributed by atoms with van der Waals surface area (Å²) in [5, 5.41) is 14.0. The topological polar surface area (TPSA) is 66.4 Å². The number of anilines is 1. The Labute approximate surface area is 155 Å². The normalized spacial score (nSPS) is 13.8. The summed E-state index contributed by atoms with van der Waals surface area (Å²) in [5.74, 6) is -2.27. The molecule has 0 bridgehead atoms. The average Bonchev–Trinajstić information content (AvgIpc) is 2.99. The molecule has 0 atom stereocenters. The molecule has 2 aromatic rings. The van der Waals surface area contributed by atoms with E-state index in [4.69, 9.17) is 0 Å². The zero-order valence-corrected chi connectivity index (χ0v) is 15.3. The third-order valence-corrected chi connectivity index (χ3v) is 5.16. The Bertz CT molecular complexity index is 900. The molecule has 1 aromatic carbocycles. The Balaban J connectivity index is 1.95. The van der Waals surface area contributed by atoms with Gasteiger partial charge in [0.15, 0.2) is 0 Å². The second kappa shape index (κ2) is 7.33. The standard InChI is InChI=1S/C18H13BrFNO3S/c19-11-7-5-10(6-8-11)13-9-25-17(15(13)18(23)24)21-16(22)12-3-1-2-4-14(12)20/h1,3,5-9H,2,4H2,(H,21,22)(H,23,24). The number of benzene rings is 1. The Hall–Kier alpha value is -2.25. The van der Waals surface area contributed by atoms with E-state index in [0.717, 1.165) is 21.4 Å². The van der Waals surface area contributed by atoms with Crippen LogP contribution in [0.15, 0.2) is 57.7 Å². The highest BCUT2D eigenvalue weighted by Crippen LogP contribution is 2.36. The first-order valence-electron chi connectivity index (χ1n) is 7.44. The molecule has 0 aliphatic heterocycles. The van der Waals surface area contributed by atoms with Crippen molar-refractivity contribution in [1.29, 1.82) is 0 Å². The predicted octanol–water partition coefficient (Wildman–Crippen LogP) is 5.39. The van der Waals surface area contributed by atoms with Gasteiger partial charge < -0.3 is 10.4 Å². The average molecular weight is 422 g/mol. The third-order valence-electron chi connectivity index (χ3n) is 3.74. The van der Waals surface area contributed by atoms with E-state index in [1.807, 2.05) is 12.1 Å². The van der Waals surface area contributed by atoms with Gasteiger partial charge in [-0.05, 0) is 24.1 Å². The summed E-state index contributed by atoms with van der Waals surface area (Å²) in [4.78, 5) is 24.0. The first kappa shape index (κ1) is 17.6. The molecule has 4 nitrogen and oxygen atoms in total. The molecule has 3 rings (SSSR count). The summed E-state index contributed by atoms with van der Waals surface area (Å²) >= 11 is 4.44. The predicted molar refractivity (Wildman–Crippen MR) is 99.6 cm³/mol. The minimum absolute atomic E-state index is 0.00136. The molecule has 25 heavy (non-hydrogen) atoms. The van der Waals surface area contributed by atoms with Crippen molar-refractivity contribution in [3.05, 3.63) is 63.2 Å². The van der Waals surface area contributed by atoms with Gasteiger partial charge in [-0.3, -0.25) is 4.79 Å². The number of carboxylic acids is 1. The van der Waals surface area contributed by atoms with Crippen LogP contribution in [-0.4, -0.2) is 17.0 Å². The van der Waals surface area contributed by atoms with Crippen LogP contribution in [-0.2, 0) is 4.79 Å². The molecule has 1 amide bonds. The number of halogens is 2. The lowest BCUT2D eigenvalue weighted by atomic mass is 10.0. The number of carbonyl (C=O) groups is 2. The summed E-state index contributed by atoms with van der Waals surface area (Å²) in [6.45, 7) is 0. The van der Waals surface area contributed by atoms with E-state index in [1.165, 1.54) is 6.08 Å². The maximum absolute atomic E-state index is 13.8. The SMILES string of the molecule is O=C(Nc1scc(-c2ccc(Br)cc2)c1C(=O)O)C1=C(F)CCC=C1. The van der Waals surface area contributed by atoms with Gasteiger partial charge in [-0.25, -0.2) is 9.18 Å². The summed E-state index contributed by atoms with van der Waals surface area (Å²) in [6, 6.07) is 7.19. The molecule has 7 heteroatoms. The van der Waals surface area contributed by atoms with Crippen molar-refractivity contribution in [3.8, 4) is 11.1 Å². The second-order valence-electron chi connectivity index (χ2n) is 5.38. The molecule has 0 spiro atoms. The maximum atomic E-state index is 13.8. The first-order chi connectivity index (χ1) is 12.0. The van der Waals surface area contributed by atoms with Gasteiger partial charge in [-0.1, -0.05) is 40.2 Å². The number of hydrogen-bond donors (Lipinski definition) is 2. The second-order valence-corrected chi connectivity index (χ2v) is 7.17. The smallest absolute Gasteiger partial charge is 0.339 e. The van der Waals surface area contributed by atoms with Crippen molar-refractivity contribution in [2.45, 2.75) is 12.8 Å².